The van der Waals surface area contributed by atoms with Crippen LogP contribution in [0.4, 0.5) is 0 Å². The largest absolute Gasteiger partial charge is 0.486 e. The molecular formula is C15H20BrNO2. The van der Waals surface area contributed by atoms with Crippen molar-refractivity contribution < 1.29 is 9.47 Å². The molecule has 1 fully saturated rings. The molecule has 2 aliphatic rings. The van der Waals surface area contributed by atoms with Gasteiger partial charge in [0.2, 0.25) is 0 Å². The van der Waals surface area contributed by atoms with Gasteiger partial charge in [-0.05, 0) is 65.4 Å². The van der Waals surface area contributed by atoms with Crippen LogP contribution in [-0.4, -0.2) is 25.8 Å². The highest BCUT2D eigenvalue weighted by atomic mass is 79.9. The Morgan fingerprint density at radius 3 is 2.95 bits per heavy atom. The second-order valence-corrected chi connectivity index (χ2v) is 6.00. The van der Waals surface area contributed by atoms with Crippen LogP contribution < -0.4 is 14.8 Å². The molecule has 0 aromatic heterocycles. The molecule has 104 valence electrons. The summed E-state index contributed by atoms with van der Waals surface area (Å²) < 4.78 is 12.6. The summed E-state index contributed by atoms with van der Waals surface area (Å²) in [5.74, 6) is 1.77. The molecule has 3 rings (SSSR count). The predicted molar refractivity (Wildman–Crippen MR) is 79.2 cm³/mol. The second kappa shape index (κ2) is 5.71. The maximum atomic E-state index is 5.73. The van der Waals surface area contributed by atoms with Crippen molar-refractivity contribution in [2.75, 3.05) is 19.8 Å². The van der Waals surface area contributed by atoms with E-state index >= 15 is 0 Å². The van der Waals surface area contributed by atoms with Gasteiger partial charge in [-0.15, -0.1) is 0 Å². The third kappa shape index (κ3) is 2.61. The Hall–Kier alpha value is -0.740. The molecule has 1 aromatic carbocycles. The average molecular weight is 326 g/mol. The fourth-order valence-electron chi connectivity index (χ4n) is 2.99. The summed E-state index contributed by atoms with van der Waals surface area (Å²) in [5.41, 5.74) is 2.75. The molecule has 1 N–H and O–H groups in total. The summed E-state index contributed by atoms with van der Waals surface area (Å²) in [4.78, 5) is 0. The van der Waals surface area contributed by atoms with E-state index in [1.165, 1.54) is 24.0 Å². The van der Waals surface area contributed by atoms with Crippen molar-refractivity contribution in [3.05, 3.63) is 21.7 Å². The van der Waals surface area contributed by atoms with E-state index in [9.17, 15) is 0 Å². The van der Waals surface area contributed by atoms with Gasteiger partial charge in [0.1, 0.15) is 13.2 Å². The Labute approximate surface area is 122 Å². The number of rotatable bonds is 3. The molecule has 19 heavy (non-hydrogen) atoms. The Kier molecular flexibility index (Phi) is 3.99. The summed E-state index contributed by atoms with van der Waals surface area (Å²) in [5, 5.41) is 3.57. The molecule has 3 nitrogen and oxygen atoms in total. The number of fused-ring (bicyclic) bond motifs is 1. The van der Waals surface area contributed by atoms with Crippen LogP contribution in [0.15, 0.2) is 10.5 Å². The number of hydrogen-bond donors (Lipinski definition) is 1. The summed E-state index contributed by atoms with van der Waals surface area (Å²) in [6, 6.07) is 2.79. The van der Waals surface area contributed by atoms with E-state index in [1.807, 2.05) is 0 Å². The third-order valence-corrected chi connectivity index (χ3v) is 4.79. The van der Waals surface area contributed by atoms with Gasteiger partial charge in [-0.3, -0.25) is 0 Å². The van der Waals surface area contributed by atoms with Crippen LogP contribution in [0.2, 0.25) is 0 Å². The molecular weight excluding hydrogens is 306 g/mol. The molecule has 1 aromatic rings. The first-order chi connectivity index (χ1) is 9.29. The lowest BCUT2D eigenvalue weighted by Crippen LogP contribution is -2.24. The smallest absolute Gasteiger partial charge is 0.175 e. The van der Waals surface area contributed by atoms with Crippen molar-refractivity contribution in [2.24, 2.45) is 0 Å². The van der Waals surface area contributed by atoms with Crippen LogP contribution in [0.5, 0.6) is 11.5 Å². The van der Waals surface area contributed by atoms with Crippen LogP contribution in [0.3, 0.4) is 0 Å². The van der Waals surface area contributed by atoms with Gasteiger partial charge in [0, 0.05) is 6.04 Å². The Morgan fingerprint density at radius 2 is 2.21 bits per heavy atom. The van der Waals surface area contributed by atoms with Crippen LogP contribution in [-0.2, 0) is 12.8 Å². The molecule has 2 aliphatic heterocycles. The van der Waals surface area contributed by atoms with Crippen molar-refractivity contribution in [2.45, 2.75) is 38.6 Å². The fourth-order valence-corrected chi connectivity index (χ4v) is 3.84. The normalized spacial score (nSPS) is 21.7. The third-order valence-electron chi connectivity index (χ3n) is 3.95. The summed E-state index contributed by atoms with van der Waals surface area (Å²) >= 11 is 3.70. The van der Waals surface area contributed by atoms with E-state index < -0.39 is 0 Å². The Morgan fingerprint density at radius 1 is 1.37 bits per heavy atom. The maximum Gasteiger partial charge on any atom is 0.175 e. The SMILES string of the molecule is CCc1c(CC2CCCN2)cc2c(c1Br)OCCO2. The average Bonchev–Trinajstić information content (AvgIpc) is 2.92. The van der Waals surface area contributed by atoms with Crippen LogP contribution in [0.1, 0.15) is 30.9 Å². The number of benzene rings is 1. The van der Waals surface area contributed by atoms with Gasteiger partial charge in [0.25, 0.3) is 0 Å². The van der Waals surface area contributed by atoms with Gasteiger partial charge >= 0.3 is 0 Å². The second-order valence-electron chi connectivity index (χ2n) is 5.20. The lowest BCUT2D eigenvalue weighted by atomic mass is 9.97. The topological polar surface area (TPSA) is 30.5 Å². The van der Waals surface area contributed by atoms with Crippen LogP contribution >= 0.6 is 15.9 Å². The molecule has 4 heteroatoms. The Bertz CT molecular complexity index is 470. The molecule has 0 amide bonds. The number of ether oxygens (including phenoxy) is 2. The summed E-state index contributed by atoms with van der Waals surface area (Å²) in [6.07, 6.45) is 4.66. The predicted octanol–water partition coefficient (Wildman–Crippen LogP) is 3.08. The molecule has 0 aliphatic carbocycles. The van der Waals surface area contributed by atoms with Crippen molar-refractivity contribution in [1.82, 2.24) is 5.32 Å². The van der Waals surface area contributed by atoms with E-state index in [4.69, 9.17) is 9.47 Å². The number of hydrogen-bond acceptors (Lipinski definition) is 3. The molecule has 1 atom stereocenters. The molecule has 1 unspecified atom stereocenters. The van der Waals surface area contributed by atoms with Gasteiger partial charge in [0.05, 0.1) is 4.47 Å². The monoisotopic (exact) mass is 325 g/mol. The van der Waals surface area contributed by atoms with E-state index in [0.29, 0.717) is 19.3 Å². The first-order valence-electron chi connectivity index (χ1n) is 7.12. The first kappa shape index (κ1) is 13.3. The van der Waals surface area contributed by atoms with E-state index in [-0.39, 0.29) is 0 Å². The molecule has 1 saturated heterocycles. The zero-order valence-electron chi connectivity index (χ0n) is 11.3. The zero-order chi connectivity index (χ0) is 13.2. The highest BCUT2D eigenvalue weighted by Gasteiger charge is 2.23. The van der Waals surface area contributed by atoms with E-state index in [1.54, 1.807) is 0 Å². The lowest BCUT2D eigenvalue weighted by Gasteiger charge is -2.24. The van der Waals surface area contributed by atoms with Crippen molar-refractivity contribution in [3.8, 4) is 11.5 Å². The highest BCUT2D eigenvalue weighted by Crippen LogP contribution is 2.42. The van der Waals surface area contributed by atoms with Crippen LogP contribution in [0, 0.1) is 0 Å². The highest BCUT2D eigenvalue weighted by molar-refractivity contribution is 9.10. The lowest BCUT2D eigenvalue weighted by molar-refractivity contribution is 0.170. The van der Waals surface area contributed by atoms with Crippen LogP contribution in [0.25, 0.3) is 0 Å². The number of halogens is 1. The van der Waals surface area contributed by atoms with Crippen molar-refractivity contribution in [3.63, 3.8) is 0 Å². The molecule has 0 bridgehead atoms. The fraction of sp³-hybridized carbons (Fsp3) is 0.600. The van der Waals surface area contributed by atoms with Gasteiger partial charge < -0.3 is 14.8 Å². The molecule has 0 spiro atoms. The van der Waals surface area contributed by atoms with E-state index in [2.05, 4.69) is 34.2 Å². The van der Waals surface area contributed by atoms with Crippen molar-refractivity contribution in [1.29, 1.82) is 0 Å². The van der Waals surface area contributed by atoms with E-state index in [0.717, 1.165) is 35.4 Å². The maximum absolute atomic E-state index is 5.73. The molecule has 2 heterocycles. The van der Waals surface area contributed by atoms with Gasteiger partial charge in [-0.2, -0.15) is 0 Å². The van der Waals surface area contributed by atoms with Crippen molar-refractivity contribution >= 4 is 15.9 Å². The minimum Gasteiger partial charge on any atom is -0.486 e. The summed E-state index contributed by atoms with van der Waals surface area (Å²) in [6.45, 7) is 4.63. The van der Waals surface area contributed by atoms with Gasteiger partial charge in [-0.25, -0.2) is 0 Å². The summed E-state index contributed by atoms with van der Waals surface area (Å²) in [7, 11) is 0. The minimum absolute atomic E-state index is 0.611. The minimum atomic E-state index is 0.611. The van der Waals surface area contributed by atoms with Gasteiger partial charge in [0.15, 0.2) is 11.5 Å². The molecule has 0 saturated carbocycles. The Balaban J connectivity index is 1.95. The number of nitrogens with one attached hydrogen (secondary N) is 1. The standard InChI is InChI=1S/C15H20BrNO2/c1-2-12-10(8-11-4-3-5-17-11)9-13-15(14(12)16)19-7-6-18-13/h9,11,17H,2-8H2,1H3. The zero-order valence-corrected chi connectivity index (χ0v) is 12.9. The van der Waals surface area contributed by atoms with Gasteiger partial charge in [-0.1, -0.05) is 6.92 Å². The molecule has 0 radical (unpaired) electrons. The quantitative estimate of drug-likeness (QED) is 0.926. The first-order valence-corrected chi connectivity index (χ1v) is 7.92.